The van der Waals surface area contributed by atoms with E-state index in [0.29, 0.717) is 0 Å². The van der Waals surface area contributed by atoms with E-state index in [4.69, 9.17) is 5.11 Å². The van der Waals surface area contributed by atoms with Gasteiger partial charge < -0.3 is 5.11 Å². The molecule has 9 heavy (non-hydrogen) atoms. The van der Waals surface area contributed by atoms with Crippen LogP contribution >= 0.6 is 8.07 Å². The molecule has 0 spiro atoms. The summed E-state index contributed by atoms with van der Waals surface area (Å²) in [5.74, 6) is -1.45. The summed E-state index contributed by atoms with van der Waals surface area (Å²) in [6, 6.07) is 0. The fraction of sp³-hybridized carbons (Fsp3) is 0.750. The Kier molecular flexibility index (Phi) is 3.66. The molecule has 0 rings (SSSR count). The van der Waals surface area contributed by atoms with Gasteiger partial charge in [0.05, 0.1) is 0 Å². The number of hydrogen-bond acceptors (Lipinski definition) is 2. The van der Waals surface area contributed by atoms with Crippen LogP contribution in [0, 0.1) is 0 Å². The average Bonchev–Trinajstić information content (AvgIpc) is 1.63. The lowest BCUT2D eigenvalue weighted by Crippen LogP contribution is -2.27. The predicted octanol–water partition coefficient (Wildman–Crippen LogP) is 0.613. The molecule has 0 radical (unpaired) electrons. The molecule has 0 bridgehead atoms. The lowest BCUT2D eigenvalue weighted by molar-refractivity contribution is -0.143. The van der Waals surface area contributed by atoms with Crippen LogP contribution in [0.3, 0.4) is 0 Å². The van der Waals surface area contributed by atoms with Crippen molar-refractivity contribution in [3.8, 4) is 0 Å². The van der Waals surface area contributed by atoms with Gasteiger partial charge in [0.2, 0.25) is 0 Å². The highest BCUT2D eigenvalue weighted by Gasteiger charge is 2.14. The van der Waals surface area contributed by atoms with Gasteiger partial charge in [-0.25, -0.2) is 9.18 Å². The first kappa shape index (κ1) is 8.79. The summed E-state index contributed by atoms with van der Waals surface area (Å²) in [5, 5.41) is 10.2. The van der Waals surface area contributed by atoms with Crippen LogP contribution in [0.4, 0.5) is 4.39 Å². The number of rotatable bonds is 3. The number of alkyl halides is 1. The molecule has 0 amide bonds. The number of aliphatic carboxylic acids is 1. The third-order valence-corrected chi connectivity index (χ3v) is 1.33. The number of carboxylic acids is 1. The Bertz CT molecular complexity index is 109. The summed E-state index contributed by atoms with van der Waals surface area (Å²) in [5.41, 5.74) is 0. The van der Waals surface area contributed by atoms with Crippen LogP contribution in [0.15, 0.2) is 0 Å². The maximum Gasteiger partial charge on any atom is 0.353 e. The topological polar surface area (TPSA) is 49.3 Å². The van der Waals surface area contributed by atoms with Gasteiger partial charge >= 0.3 is 5.97 Å². The molecular weight excluding hydrogens is 144 g/mol. The molecule has 2 N–H and O–H groups in total. The van der Waals surface area contributed by atoms with Gasteiger partial charge in [0.15, 0.2) is 0 Å². The van der Waals surface area contributed by atoms with Gasteiger partial charge in [-0.3, -0.25) is 5.09 Å². The molecule has 0 heterocycles. The monoisotopic (exact) mass is 153 g/mol. The molecule has 0 fully saturated rings. The van der Waals surface area contributed by atoms with Crippen LogP contribution in [0.2, 0.25) is 0 Å². The molecule has 0 aromatic carbocycles. The van der Waals surface area contributed by atoms with Crippen LogP contribution in [-0.4, -0.2) is 30.7 Å². The van der Waals surface area contributed by atoms with Gasteiger partial charge in [0, 0.05) is 0 Å². The first-order chi connectivity index (χ1) is 4.04. The standard InChI is InChI=1S/C4H9FNO2P/c1-9(2)6-3(5)4(7)8/h3,6H,1-2H3,(H,7,8). The zero-order chi connectivity index (χ0) is 7.44. The maximum absolute atomic E-state index is 12.1. The van der Waals surface area contributed by atoms with Crippen LogP contribution in [0.5, 0.6) is 0 Å². The molecular formula is C4H9FNO2P. The summed E-state index contributed by atoms with van der Waals surface area (Å²) in [6.07, 6.45) is -1.91. The van der Waals surface area contributed by atoms with Crippen LogP contribution in [0.25, 0.3) is 0 Å². The van der Waals surface area contributed by atoms with Gasteiger partial charge in [0.25, 0.3) is 6.30 Å². The highest BCUT2D eigenvalue weighted by Crippen LogP contribution is 2.18. The fourth-order valence-electron chi connectivity index (χ4n) is 0.282. The highest BCUT2D eigenvalue weighted by atomic mass is 31.1. The molecule has 1 atom stereocenters. The smallest absolute Gasteiger partial charge is 0.353 e. The van der Waals surface area contributed by atoms with Gasteiger partial charge in [-0.2, -0.15) is 0 Å². The lowest BCUT2D eigenvalue weighted by Gasteiger charge is -2.08. The van der Waals surface area contributed by atoms with Crippen molar-refractivity contribution in [2.24, 2.45) is 0 Å². The molecule has 3 nitrogen and oxygen atoms in total. The van der Waals surface area contributed by atoms with Crippen LogP contribution < -0.4 is 5.09 Å². The first-order valence-electron chi connectivity index (χ1n) is 2.34. The zero-order valence-corrected chi connectivity index (χ0v) is 6.15. The predicted molar refractivity (Wildman–Crippen MR) is 34.4 cm³/mol. The molecule has 0 saturated carbocycles. The summed E-state index contributed by atoms with van der Waals surface area (Å²) in [6.45, 7) is 3.48. The Balaban J connectivity index is 3.50. The summed E-state index contributed by atoms with van der Waals surface area (Å²) < 4.78 is 12.1. The SMILES string of the molecule is CP(C)NC(F)C(=O)O. The zero-order valence-electron chi connectivity index (χ0n) is 5.26. The molecule has 0 aromatic rings. The lowest BCUT2D eigenvalue weighted by atomic mass is 10.7. The second-order valence-corrected chi connectivity index (χ2v) is 3.77. The average molecular weight is 153 g/mol. The largest absolute Gasteiger partial charge is 0.478 e. The third-order valence-electron chi connectivity index (χ3n) is 0.588. The van der Waals surface area contributed by atoms with E-state index in [9.17, 15) is 9.18 Å². The van der Waals surface area contributed by atoms with Crippen molar-refractivity contribution in [2.45, 2.75) is 6.30 Å². The van der Waals surface area contributed by atoms with E-state index >= 15 is 0 Å². The van der Waals surface area contributed by atoms with E-state index in [2.05, 4.69) is 5.09 Å². The van der Waals surface area contributed by atoms with Crippen molar-refractivity contribution in [3.63, 3.8) is 0 Å². The van der Waals surface area contributed by atoms with Gasteiger partial charge in [-0.15, -0.1) is 0 Å². The number of hydrogen-bond donors (Lipinski definition) is 2. The minimum atomic E-state index is -1.91. The minimum absolute atomic E-state index is 0.678. The van der Waals surface area contributed by atoms with Crippen molar-refractivity contribution < 1.29 is 14.3 Å². The summed E-state index contributed by atoms with van der Waals surface area (Å²) in [7, 11) is -0.678. The number of nitrogens with one attached hydrogen (secondary N) is 1. The number of halogens is 1. The Morgan fingerprint density at radius 3 is 2.33 bits per heavy atom. The molecule has 0 aliphatic heterocycles. The van der Waals surface area contributed by atoms with Gasteiger partial charge in [-0.1, -0.05) is 0 Å². The summed E-state index contributed by atoms with van der Waals surface area (Å²) in [4.78, 5) is 9.81. The Morgan fingerprint density at radius 2 is 2.22 bits per heavy atom. The Morgan fingerprint density at radius 1 is 1.78 bits per heavy atom. The molecule has 0 aliphatic rings. The van der Waals surface area contributed by atoms with E-state index < -0.39 is 20.3 Å². The molecule has 0 saturated heterocycles. The second-order valence-electron chi connectivity index (χ2n) is 1.72. The van der Waals surface area contributed by atoms with Crippen LogP contribution in [-0.2, 0) is 4.79 Å². The quantitative estimate of drug-likeness (QED) is 0.461. The van der Waals surface area contributed by atoms with Gasteiger partial charge in [0.1, 0.15) is 0 Å². The molecule has 0 aliphatic carbocycles. The fourth-order valence-corrected chi connectivity index (χ4v) is 0.846. The minimum Gasteiger partial charge on any atom is -0.478 e. The van der Waals surface area contributed by atoms with Crippen molar-refractivity contribution in [1.29, 1.82) is 0 Å². The molecule has 5 heteroatoms. The Hall–Kier alpha value is -0.210. The number of carbonyl (C=O) groups is 1. The van der Waals surface area contributed by atoms with Crippen molar-refractivity contribution in [1.82, 2.24) is 5.09 Å². The maximum atomic E-state index is 12.1. The van der Waals surface area contributed by atoms with Crippen LogP contribution in [0.1, 0.15) is 0 Å². The van der Waals surface area contributed by atoms with E-state index in [-0.39, 0.29) is 0 Å². The molecule has 1 unspecified atom stereocenters. The van der Waals surface area contributed by atoms with E-state index in [1.807, 2.05) is 0 Å². The molecule has 0 aromatic heterocycles. The van der Waals surface area contributed by atoms with Crippen molar-refractivity contribution in [3.05, 3.63) is 0 Å². The number of carboxylic acid groups (broad SMARTS) is 1. The normalized spacial score (nSPS) is 13.8. The van der Waals surface area contributed by atoms with E-state index in [1.54, 1.807) is 13.3 Å². The van der Waals surface area contributed by atoms with E-state index in [1.165, 1.54) is 0 Å². The molecule has 54 valence electrons. The van der Waals surface area contributed by atoms with Gasteiger partial charge in [-0.05, 0) is 21.4 Å². The second kappa shape index (κ2) is 3.75. The van der Waals surface area contributed by atoms with E-state index in [0.717, 1.165) is 0 Å². The van der Waals surface area contributed by atoms with Crippen molar-refractivity contribution in [2.75, 3.05) is 13.3 Å². The Labute approximate surface area is 54.1 Å². The van der Waals surface area contributed by atoms with Crippen molar-refractivity contribution >= 4 is 14.0 Å². The third kappa shape index (κ3) is 4.30. The highest BCUT2D eigenvalue weighted by molar-refractivity contribution is 7.53. The summed E-state index contributed by atoms with van der Waals surface area (Å²) >= 11 is 0. The first-order valence-corrected chi connectivity index (χ1v) is 4.58.